The summed E-state index contributed by atoms with van der Waals surface area (Å²) in [5.74, 6) is 0. The van der Waals surface area contributed by atoms with Crippen LogP contribution in [0.15, 0.2) is 17.4 Å². The second kappa shape index (κ2) is 6.13. The SMILES string of the molecule is C=N/C=C/NNNC. The van der Waals surface area contributed by atoms with E-state index in [9.17, 15) is 0 Å². The van der Waals surface area contributed by atoms with E-state index in [1.165, 1.54) is 6.20 Å². The van der Waals surface area contributed by atoms with E-state index < -0.39 is 0 Å². The van der Waals surface area contributed by atoms with Gasteiger partial charge >= 0.3 is 0 Å². The molecule has 0 aromatic rings. The highest BCUT2D eigenvalue weighted by Crippen LogP contribution is 1.60. The zero-order valence-electron chi connectivity index (χ0n) is 4.81. The molecule has 0 aromatic heterocycles. The second-order valence-corrected chi connectivity index (χ2v) is 1.02. The molecule has 0 spiro atoms. The number of nitrogens with zero attached hydrogens (tertiary/aromatic N) is 1. The van der Waals surface area contributed by atoms with Crippen molar-refractivity contribution in [3.8, 4) is 0 Å². The molecular formula is C4H10N4. The third kappa shape index (κ3) is 5.13. The molecule has 0 bridgehead atoms. The van der Waals surface area contributed by atoms with E-state index in [0.717, 1.165) is 0 Å². The molecule has 0 rings (SSSR count). The van der Waals surface area contributed by atoms with Crippen LogP contribution in [0.1, 0.15) is 0 Å². The molecule has 0 unspecified atom stereocenters. The van der Waals surface area contributed by atoms with Gasteiger partial charge in [-0.05, 0) is 6.72 Å². The average Bonchev–Trinajstić information content (AvgIpc) is 1.81. The smallest absolute Gasteiger partial charge is 0.0432 e. The normalized spacial score (nSPS) is 9.62. The van der Waals surface area contributed by atoms with Gasteiger partial charge in [-0.2, -0.15) is 5.53 Å². The Labute approximate surface area is 48.6 Å². The maximum Gasteiger partial charge on any atom is 0.0432 e. The molecular weight excluding hydrogens is 104 g/mol. The minimum absolute atomic E-state index is 1.53. The third-order valence-electron chi connectivity index (χ3n) is 0.460. The van der Waals surface area contributed by atoms with E-state index >= 15 is 0 Å². The van der Waals surface area contributed by atoms with Crippen LogP contribution in [-0.2, 0) is 0 Å². The Bertz CT molecular complexity index is 78.1. The highest BCUT2D eigenvalue weighted by Gasteiger charge is 1.63. The van der Waals surface area contributed by atoms with Crippen molar-refractivity contribution in [2.45, 2.75) is 0 Å². The fourth-order valence-electron chi connectivity index (χ4n) is 0.204. The number of rotatable bonds is 4. The van der Waals surface area contributed by atoms with Gasteiger partial charge < -0.3 is 5.43 Å². The summed E-state index contributed by atoms with van der Waals surface area (Å²) in [6.07, 6.45) is 3.15. The van der Waals surface area contributed by atoms with Crippen molar-refractivity contribution in [1.82, 2.24) is 16.4 Å². The number of hydrogen-bond acceptors (Lipinski definition) is 4. The van der Waals surface area contributed by atoms with Crippen molar-refractivity contribution < 1.29 is 0 Å². The van der Waals surface area contributed by atoms with Gasteiger partial charge in [0.1, 0.15) is 0 Å². The first-order chi connectivity index (χ1) is 3.91. The summed E-state index contributed by atoms with van der Waals surface area (Å²) >= 11 is 0. The first-order valence-corrected chi connectivity index (χ1v) is 2.20. The molecule has 3 N–H and O–H groups in total. The Morgan fingerprint density at radius 3 is 2.88 bits per heavy atom. The molecule has 4 nitrogen and oxygen atoms in total. The molecule has 0 amide bonds. The van der Waals surface area contributed by atoms with Crippen LogP contribution in [0.2, 0.25) is 0 Å². The molecule has 0 aromatic carbocycles. The standard InChI is InChI=1S/C4H10N4/c1-5-3-4-7-8-6-2/h3-4,6-8H,1H2,2H3/b4-3+. The molecule has 4 heteroatoms. The second-order valence-electron chi connectivity index (χ2n) is 1.02. The van der Waals surface area contributed by atoms with E-state index in [4.69, 9.17) is 0 Å². The fraction of sp³-hybridized carbons (Fsp3) is 0.250. The molecule has 0 heterocycles. The molecule has 46 valence electrons. The van der Waals surface area contributed by atoms with Gasteiger partial charge in [-0.1, -0.05) is 0 Å². The summed E-state index contributed by atoms with van der Waals surface area (Å²) in [4.78, 5) is 3.45. The predicted octanol–water partition coefficient (Wildman–Crippen LogP) is -0.613. The van der Waals surface area contributed by atoms with Gasteiger partial charge in [0.2, 0.25) is 0 Å². The summed E-state index contributed by atoms with van der Waals surface area (Å²) in [6, 6.07) is 0. The van der Waals surface area contributed by atoms with Gasteiger partial charge in [0.05, 0.1) is 0 Å². The van der Waals surface area contributed by atoms with E-state index in [1.54, 1.807) is 13.2 Å². The van der Waals surface area contributed by atoms with Crippen LogP contribution in [0.25, 0.3) is 0 Å². The molecule has 0 aliphatic heterocycles. The quantitative estimate of drug-likeness (QED) is 0.259. The lowest BCUT2D eigenvalue weighted by atomic mass is 10.9. The Morgan fingerprint density at radius 2 is 2.38 bits per heavy atom. The zero-order chi connectivity index (χ0) is 6.24. The lowest BCUT2D eigenvalue weighted by molar-refractivity contribution is 0.541. The van der Waals surface area contributed by atoms with Gasteiger partial charge in [-0.15, -0.1) is 0 Å². The van der Waals surface area contributed by atoms with E-state index in [-0.39, 0.29) is 0 Å². The fourth-order valence-corrected chi connectivity index (χ4v) is 0.204. The zero-order valence-corrected chi connectivity index (χ0v) is 4.81. The van der Waals surface area contributed by atoms with Gasteiger partial charge in [0, 0.05) is 19.4 Å². The number of hydrogen-bond donors (Lipinski definition) is 3. The number of nitrogens with one attached hydrogen (secondary N) is 3. The maximum atomic E-state index is 3.45. The predicted molar refractivity (Wildman–Crippen MR) is 34.0 cm³/mol. The molecule has 0 saturated carbocycles. The van der Waals surface area contributed by atoms with Gasteiger partial charge in [0.25, 0.3) is 0 Å². The summed E-state index contributed by atoms with van der Waals surface area (Å²) in [7, 11) is 1.75. The average molecular weight is 114 g/mol. The largest absolute Gasteiger partial charge is 0.314 e. The highest BCUT2D eigenvalue weighted by atomic mass is 15.6. The van der Waals surface area contributed by atoms with E-state index in [1.807, 2.05) is 0 Å². The Kier molecular flexibility index (Phi) is 5.46. The molecule has 0 atom stereocenters. The summed E-state index contributed by atoms with van der Waals surface area (Å²) in [5, 5.41) is 0. The van der Waals surface area contributed by atoms with Gasteiger partial charge in [-0.3, -0.25) is 4.99 Å². The Morgan fingerprint density at radius 1 is 1.62 bits per heavy atom. The molecule has 0 aliphatic rings. The number of aliphatic imine (C=N–C) groups is 1. The monoisotopic (exact) mass is 114 g/mol. The Hall–Kier alpha value is -0.870. The van der Waals surface area contributed by atoms with Crippen molar-refractivity contribution >= 4 is 6.72 Å². The Balaban J connectivity index is 2.91. The van der Waals surface area contributed by atoms with Crippen LogP contribution < -0.4 is 16.4 Å². The van der Waals surface area contributed by atoms with Crippen LogP contribution >= 0.6 is 0 Å². The minimum Gasteiger partial charge on any atom is -0.314 e. The van der Waals surface area contributed by atoms with Gasteiger partial charge in [0.15, 0.2) is 0 Å². The first-order valence-electron chi connectivity index (χ1n) is 2.20. The van der Waals surface area contributed by atoms with Crippen molar-refractivity contribution in [1.29, 1.82) is 0 Å². The van der Waals surface area contributed by atoms with Crippen LogP contribution in [0.3, 0.4) is 0 Å². The number of hydrazine groups is 2. The highest BCUT2D eigenvalue weighted by molar-refractivity contribution is 5.25. The van der Waals surface area contributed by atoms with Crippen LogP contribution in [-0.4, -0.2) is 13.8 Å². The maximum absolute atomic E-state index is 3.45. The molecule has 0 saturated heterocycles. The lowest BCUT2D eigenvalue weighted by Crippen LogP contribution is -2.37. The van der Waals surface area contributed by atoms with E-state index in [0.29, 0.717) is 0 Å². The topological polar surface area (TPSA) is 48.5 Å². The van der Waals surface area contributed by atoms with Crippen LogP contribution in [0, 0.1) is 0 Å². The van der Waals surface area contributed by atoms with E-state index in [2.05, 4.69) is 28.1 Å². The summed E-state index contributed by atoms with van der Waals surface area (Å²) in [6.45, 7) is 3.23. The first kappa shape index (κ1) is 7.13. The third-order valence-corrected chi connectivity index (χ3v) is 0.460. The van der Waals surface area contributed by atoms with Crippen molar-refractivity contribution in [3.05, 3.63) is 12.4 Å². The summed E-state index contributed by atoms with van der Waals surface area (Å²) < 4.78 is 0. The molecule has 0 radical (unpaired) electrons. The summed E-state index contributed by atoms with van der Waals surface area (Å²) in [5.41, 5.74) is 7.92. The minimum atomic E-state index is 1.53. The van der Waals surface area contributed by atoms with Crippen molar-refractivity contribution in [2.75, 3.05) is 7.05 Å². The van der Waals surface area contributed by atoms with Crippen molar-refractivity contribution in [2.24, 2.45) is 4.99 Å². The van der Waals surface area contributed by atoms with Gasteiger partial charge in [-0.25, -0.2) is 5.43 Å². The molecule has 8 heavy (non-hydrogen) atoms. The molecule has 0 fully saturated rings. The van der Waals surface area contributed by atoms with Crippen LogP contribution in [0.4, 0.5) is 0 Å². The van der Waals surface area contributed by atoms with Crippen LogP contribution in [0.5, 0.6) is 0 Å². The van der Waals surface area contributed by atoms with Crippen molar-refractivity contribution in [3.63, 3.8) is 0 Å². The molecule has 0 aliphatic carbocycles. The lowest BCUT2D eigenvalue weighted by Gasteiger charge is -1.96.